The first kappa shape index (κ1) is 15.1. The van der Waals surface area contributed by atoms with Crippen LogP contribution in [0.15, 0.2) is 48.5 Å². The average molecular weight is 303 g/mol. The lowest BCUT2D eigenvalue weighted by atomic mass is 10.1. The van der Waals surface area contributed by atoms with Crippen LogP contribution in [0.2, 0.25) is 5.02 Å². The summed E-state index contributed by atoms with van der Waals surface area (Å²) in [5, 5.41) is 6.06. The molecule has 2 amide bonds. The van der Waals surface area contributed by atoms with Crippen LogP contribution in [0, 0.1) is 0 Å². The SMILES string of the molecule is CC(=O)Nc1cccc(NC(=O)Cc2cccc(Cl)c2)c1. The number of halogens is 1. The molecule has 0 unspecified atom stereocenters. The van der Waals surface area contributed by atoms with Crippen LogP contribution in [0.25, 0.3) is 0 Å². The largest absolute Gasteiger partial charge is 0.326 e. The van der Waals surface area contributed by atoms with Crippen molar-refractivity contribution in [2.45, 2.75) is 13.3 Å². The van der Waals surface area contributed by atoms with E-state index in [2.05, 4.69) is 10.6 Å². The maximum atomic E-state index is 12.0. The lowest BCUT2D eigenvalue weighted by Gasteiger charge is -2.08. The van der Waals surface area contributed by atoms with Crippen molar-refractivity contribution >= 4 is 34.8 Å². The molecule has 0 bridgehead atoms. The van der Waals surface area contributed by atoms with Crippen molar-refractivity contribution in [3.8, 4) is 0 Å². The monoisotopic (exact) mass is 302 g/mol. The molecule has 2 aromatic carbocycles. The highest BCUT2D eigenvalue weighted by atomic mass is 35.5. The Labute approximate surface area is 128 Å². The van der Waals surface area contributed by atoms with Gasteiger partial charge in [0.1, 0.15) is 0 Å². The molecule has 0 heterocycles. The zero-order valence-electron chi connectivity index (χ0n) is 11.5. The van der Waals surface area contributed by atoms with Crippen LogP contribution in [-0.2, 0) is 16.0 Å². The number of hydrogen-bond donors (Lipinski definition) is 2. The number of amides is 2. The predicted octanol–water partition coefficient (Wildman–Crippen LogP) is 3.48. The Morgan fingerprint density at radius 3 is 2.33 bits per heavy atom. The van der Waals surface area contributed by atoms with E-state index < -0.39 is 0 Å². The molecular formula is C16H15ClN2O2. The zero-order valence-corrected chi connectivity index (χ0v) is 12.3. The number of benzene rings is 2. The predicted molar refractivity (Wildman–Crippen MR) is 84.5 cm³/mol. The second-order valence-corrected chi connectivity index (χ2v) is 5.05. The highest BCUT2D eigenvalue weighted by molar-refractivity contribution is 6.30. The third kappa shape index (κ3) is 4.93. The molecule has 4 nitrogen and oxygen atoms in total. The van der Waals surface area contributed by atoms with Gasteiger partial charge < -0.3 is 10.6 Å². The maximum Gasteiger partial charge on any atom is 0.228 e. The van der Waals surface area contributed by atoms with E-state index in [1.54, 1.807) is 36.4 Å². The third-order valence-electron chi connectivity index (χ3n) is 2.72. The summed E-state index contributed by atoms with van der Waals surface area (Å²) < 4.78 is 0. The fraction of sp³-hybridized carbons (Fsp3) is 0.125. The summed E-state index contributed by atoms with van der Waals surface area (Å²) in [5.41, 5.74) is 2.12. The molecular weight excluding hydrogens is 288 g/mol. The van der Waals surface area contributed by atoms with Gasteiger partial charge in [-0.1, -0.05) is 29.8 Å². The van der Waals surface area contributed by atoms with Crippen molar-refractivity contribution in [2.24, 2.45) is 0 Å². The molecule has 0 aliphatic heterocycles. The van der Waals surface area contributed by atoms with Crippen LogP contribution in [0.5, 0.6) is 0 Å². The fourth-order valence-electron chi connectivity index (χ4n) is 1.92. The normalized spacial score (nSPS) is 10.0. The average Bonchev–Trinajstić information content (AvgIpc) is 2.37. The molecule has 0 atom stereocenters. The third-order valence-corrected chi connectivity index (χ3v) is 2.96. The van der Waals surface area contributed by atoms with Crippen molar-refractivity contribution in [1.29, 1.82) is 0 Å². The zero-order chi connectivity index (χ0) is 15.2. The van der Waals surface area contributed by atoms with E-state index in [0.29, 0.717) is 16.4 Å². The molecule has 2 aromatic rings. The highest BCUT2D eigenvalue weighted by Gasteiger charge is 2.05. The van der Waals surface area contributed by atoms with Crippen LogP contribution >= 0.6 is 11.6 Å². The number of rotatable bonds is 4. The van der Waals surface area contributed by atoms with Gasteiger partial charge in [0, 0.05) is 23.3 Å². The smallest absolute Gasteiger partial charge is 0.228 e. The quantitative estimate of drug-likeness (QED) is 0.908. The van der Waals surface area contributed by atoms with Crippen molar-refractivity contribution in [3.63, 3.8) is 0 Å². The first-order valence-corrected chi connectivity index (χ1v) is 6.83. The number of hydrogen-bond acceptors (Lipinski definition) is 2. The fourth-order valence-corrected chi connectivity index (χ4v) is 2.13. The number of carbonyl (C=O) groups is 2. The first-order chi connectivity index (χ1) is 10.0. The Kier molecular flexibility index (Phi) is 4.95. The standard InChI is InChI=1S/C16H15ClN2O2/c1-11(20)18-14-6-3-7-15(10-14)19-16(21)9-12-4-2-5-13(17)8-12/h2-8,10H,9H2,1H3,(H,18,20)(H,19,21). The van der Waals surface area contributed by atoms with Crippen molar-refractivity contribution in [3.05, 3.63) is 59.1 Å². The number of nitrogens with one attached hydrogen (secondary N) is 2. The van der Waals surface area contributed by atoms with Gasteiger partial charge in [0.15, 0.2) is 0 Å². The molecule has 0 aliphatic rings. The minimum absolute atomic E-state index is 0.141. The van der Waals surface area contributed by atoms with Gasteiger partial charge in [-0.25, -0.2) is 0 Å². The summed E-state index contributed by atoms with van der Waals surface area (Å²) in [5.74, 6) is -0.297. The van der Waals surface area contributed by atoms with E-state index in [9.17, 15) is 9.59 Å². The first-order valence-electron chi connectivity index (χ1n) is 6.45. The topological polar surface area (TPSA) is 58.2 Å². The van der Waals surface area contributed by atoms with Crippen LogP contribution in [0.3, 0.4) is 0 Å². The summed E-state index contributed by atoms with van der Waals surface area (Å²) in [6.07, 6.45) is 0.241. The van der Waals surface area contributed by atoms with E-state index in [4.69, 9.17) is 11.6 Å². The van der Waals surface area contributed by atoms with E-state index in [-0.39, 0.29) is 18.2 Å². The lowest BCUT2D eigenvalue weighted by Crippen LogP contribution is -2.14. The van der Waals surface area contributed by atoms with Gasteiger partial charge in [0.25, 0.3) is 0 Å². The second kappa shape index (κ2) is 6.90. The molecule has 0 fully saturated rings. The minimum atomic E-state index is -0.155. The van der Waals surface area contributed by atoms with Crippen molar-refractivity contribution in [1.82, 2.24) is 0 Å². The summed E-state index contributed by atoms with van der Waals surface area (Å²) in [6.45, 7) is 1.43. The molecule has 0 spiro atoms. The molecule has 0 radical (unpaired) electrons. The molecule has 2 rings (SSSR count). The van der Waals surface area contributed by atoms with Crippen LogP contribution in [0.1, 0.15) is 12.5 Å². The molecule has 0 aromatic heterocycles. The second-order valence-electron chi connectivity index (χ2n) is 4.62. The van der Waals surface area contributed by atoms with Gasteiger partial charge in [0.2, 0.25) is 11.8 Å². The van der Waals surface area contributed by atoms with Crippen LogP contribution < -0.4 is 10.6 Å². The van der Waals surface area contributed by atoms with Crippen LogP contribution in [0.4, 0.5) is 11.4 Å². The maximum absolute atomic E-state index is 12.0. The van der Waals surface area contributed by atoms with Crippen molar-refractivity contribution < 1.29 is 9.59 Å². The van der Waals surface area contributed by atoms with E-state index in [1.807, 2.05) is 12.1 Å². The molecule has 0 saturated carbocycles. The van der Waals surface area contributed by atoms with E-state index in [0.717, 1.165) is 5.56 Å². The van der Waals surface area contributed by atoms with Gasteiger partial charge in [-0.3, -0.25) is 9.59 Å². The molecule has 0 saturated heterocycles. The van der Waals surface area contributed by atoms with E-state index >= 15 is 0 Å². The van der Waals surface area contributed by atoms with Crippen LogP contribution in [-0.4, -0.2) is 11.8 Å². The molecule has 0 aliphatic carbocycles. The Morgan fingerprint density at radius 2 is 1.67 bits per heavy atom. The lowest BCUT2D eigenvalue weighted by molar-refractivity contribution is -0.115. The Balaban J connectivity index is 2.01. The Hall–Kier alpha value is -2.33. The molecule has 21 heavy (non-hydrogen) atoms. The van der Waals surface area contributed by atoms with E-state index in [1.165, 1.54) is 6.92 Å². The minimum Gasteiger partial charge on any atom is -0.326 e. The van der Waals surface area contributed by atoms with Gasteiger partial charge >= 0.3 is 0 Å². The number of anilines is 2. The van der Waals surface area contributed by atoms with Crippen molar-refractivity contribution in [2.75, 3.05) is 10.6 Å². The van der Waals surface area contributed by atoms with Gasteiger partial charge in [-0.05, 0) is 35.9 Å². The Morgan fingerprint density at radius 1 is 1.00 bits per heavy atom. The molecule has 2 N–H and O–H groups in total. The Bertz CT molecular complexity index is 671. The molecule has 108 valence electrons. The summed E-state index contributed by atoms with van der Waals surface area (Å²) >= 11 is 5.89. The molecule has 5 heteroatoms. The summed E-state index contributed by atoms with van der Waals surface area (Å²) in [4.78, 5) is 23.0. The van der Waals surface area contributed by atoms with Gasteiger partial charge in [-0.2, -0.15) is 0 Å². The van der Waals surface area contributed by atoms with Gasteiger partial charge in [0.05, 0.1) is 6.42 Å². The number of carbonyl (C=O) groups excluding carboxylic acids is 2. The highest BCUT2D eigenvalue weighted by Crippen LogP contribution is 2.16. The summed E-state index contributed by atoms with van der Waals surface area (Å²) in [7, 11) is 0. The van der Waals surface area contributed by atoms with Gasteiger partial charge in [-0.15, -0.1) is 0 Å². The summed E-state index contributed by atoms with van der Waals surface area (Å²) in [6, 6.07) is 14.2.